The molecule has 0 saturated carbocycles. The number of rotatable bonds is 14. The molecule has 0 radical (unpaired) electrons. The van der Waals surface area contributed by atoms with E-state index in [9.17, 15) is 14.7 Å². The van der Waals surface area contributed by atoms with Gasteiger partial charge in [0, 0.05) is 24.6 Å². The third-order valence-corrected chi connectivity index (χ3v) is 7.04. The van der Waals surface area contributed by atoms with E-state index in [1.807, 2.05) is 38.1 Å². The van der Waals surface area contributed by atoms with Crippen LogP contribution < -0.4 is 19.8 Å². The van der Waals surface area contributed by atoms with Crippen molar-refractivity contribution < 1.29 is 33.3 Å². The van der Waals surface area contributed by atoms with Crippen molar-refractivity contribution in [2.24, 2.45) is 0 Å². The SMILES string of the molecule is COCCc1ccc(OCC(O)CN(C(=O)[C@@H](C)Oc2ccc3cc(-c4ccc(OC)cc4)c(=O)oc3c2)C(C)C)cc1. The summed E-state index contributed by atoms with van der Waals surface area (Å²) in [5.74, 6) is 1.43. The van der Waals surface area contributed by atoms with Crippen molar-refractivity contribution in [1.29, 1.82) is 0 Å². The minimum absolute atomic E-state index is 0.0331. The third kappa shape index (κ3) is 8.37. The van der Waals surface area contributed by atoms with Gasteiger partial charge in [-0.05, 0) is 80.8 Å². The number of nitrogens with zero attached hydrogens (tertiary/aromatic N) is 1. The molecule has 0 bridgehead atoms. The Labute approximate surface area is 251 Å². The molecule has 0 saturated heterocycles. The van der Waals surface area contributed by atoms with Crippen LogP contribution in [0.4, 0.5) is 0 Å². The Bertz CT molecular complexity index is 1550. The zero-order valence-corrected chi connectivity index (χ0v) is 25.2. The number of benzene rings is 3. The first-order chi connectivity index (χ1) is 20.7. The molecule has 0 aliphatic carbocycles. The van der Waals surface area contributed by atoms with E-state index in [0.717, 1.165) is 12.0 Å². The maximum absolute atomic E-state index is 13.3. The second-order valence-electron chi connectivity index (χ2n) is 10.6. The smallest absolute Gasteiger partial charge is 0.344 e. The zero-order chi connectivity index (χ0) is 30.9. The molecule has 9 heteroatoms. The number of amides is 1. The topological polar surface area (TPSA) is 108 Å². The van der Waals surface area contributed by atoms with Crippen LogP contribution in [0.1, 0.15) is 26.3 Å². The van der Waals surface area contributed by atoms with Crippen molar-refractivity contribution >= 4 is 16.9 Å². The highest BCUT2D eigenvalue weighted by atomic mass is 16.5. The fraction of sp³-hybridized carbons (Fsp3) is 0.353. The molecular weight excluding hydrogens is 550 g/mol. The predicted octanol–water partition coefficient (Wildman–Crippen LogP) is 5.10. The van der Waals surface area contributed by atoms with Gasteiger partial charge in [-0.1, -0.05) is 24.3 Å². The summed E-state index contributed by atoms with van der Waals surface area (Å²) in [5.41, 5.74) is 2.14. The van der Waals surface area contributed by atoms with E-state index in [2.05, 4.69) is 0 Å². The summed E-state index contributed by atoms with van der Waals surface area (Å²) < 4.78 is 27.6. The Kier molecular flexibility index (Phi) is 10.8. The van der Waals surface area contributed by atoms with Gasteiger partial charge in [0.05, 0.1) is 25.8 Å². The van der Waals surface area contributed by atoms with E-state index < -0.39 is 17.8 Å². The van der Waals surface area contributed by atoms with E-state index in [1.54, 1.807) is 74.6 Å². The number of aliphatic hydroxyl groups excluding tert-OH is 1. The lowest BCUT2D eigenvalue weighted by Crippen LogP contribution is -2.48. The number of fused-ring (bicyclic) bond motifs is 1. The molecule has 1 unspecified atom stereocenters. The summed E-state index contributed by atoms with van der Waals surface area (Å²) in [6.45, 7) is 6.16. The van der Waals surface area contributed by atoms with E-state index in [0.29, 0.717) is 46.0 Å². The zero-order valence-electron chi connectivity index (χ0n) is 25.2. The molecule has 9 nitrogen and oxygen atoms in total. The first-order valence-corrected chi connectivity index (χ1v) is 14.3. The lowest BCUT2D eigenvalue weighted by molar-refractivity contribution is -0.141. The van der Waals surface area contributed by atoms with Gasteiger partial charge in [-0.2, -0.15) is 0 Å². The highest BCUT2D eigenvalue weighted by Gasteiger charge is 2.27. The first-order valence-electron chi connectivity index (χ1n) is 14.3. The van der Waals surface area contributed by atoms with Gasteiger partial charge in [0.25, 0.3) is 5.91 Å². The summed E-state index contributed by atoms with van der Waals surface area (Å²) >= 11 is 0. The lowest BCUT2D eigenvalue weighted by atomic mass is 10.1. The van der Waals surface area contributed by atoms with Crippen LogP contribution in [0.15, 0.2) is 82.0 Å². The highest BCUT2D eigenvalue weighted by molar-refractivity contribution is 5.84. The van der Waals surface area contributed by atoms with Gasteiger partial charge in [-0.3, -0.25) is 4.79 Å². The second-order valence-corrected chi connectivity index (χ2v) is 10.6. The number of aliphatic hydroxyl groups is 1. The van der Waals surface area contributed by atoms with Gasteiger partial charge in [0.2, 0.25) is 0 Å². The van der Waals surface area contributed by atoms with E-state index >= 15 is 0 Å². The summed E-state index contributed by atoms with van der Waals surface area (Å²) in [6, 6.07) is 21.5. The molecule has 1 N–H and O–H groups in total. The van der Waals surface area contributed by atoms with Crippen LogP contribution in [0.3, 0.4) is 0 Å². The van der Waals surface area contributed by atoms with Crippen LogP contribution >= 0.6 is 0 Å². The molecule has 228 valence electrons. The Morgan fingerprint density at radius 3 is 2.23 bits per heavy atom. The van der Waals surface area contributed by atoms with Gasteiger partial charge < -0.3 is 33.4 Å². The minimum atomic E-state index is -0.901. The monoisotopic (exact) mass is 589 g/mol. The quantitative estimate of drug-likeness (QED) is 0.203. The minimum Gasteiger partial charge on any atom is -0.497 e. The lowest BCUT2D eigenvalue weighted by Gasteiger charge is -2.31. The molecule has 2 atom stereocenters. The van der Waals surface area contributed by atoms with Gasteiger partial charge in [0.1, 0.15) is 35.5 Å². The molecule has 0 fully saturated rings. The van der Waals surface area contributed by atoms with Crippen LogP contribution in [0.2, 0.25) is 0 Å². The maximum atomic E-state index is 13.3. The number of carbonyl (C=O) groups is 1. The average Bonchev–Trinajstić information content (AvgIpc) is 3.01. The average molecular weight is 590 g/mol. The third-order valence-electron chi connectivity index (χ3n) is 7.04. The fourth-order valence-corrected chi connectivity index (χ4v) is 4.62. The van der Waals surface area contributed by atoms with Crippen molar-refractivity contribution in [2.45, 2.75) is 45.4 Å². The number of carbonyl (C=O) groups excluding carboxylic acids is 1. The second kappa shape index (κ2) is 14.7. The molecule has 1 aromatic heterocycles. The van der Waals surface area contributed by atoms with Crippen LogP contribution in [-0.4, -0.2) is 68.1 Å². The number of ether oxygens (including phenoxy) is 4. The molecule has 43 heavy (non-hydrogen) atoms. The normalized spacial score (nSPS) is 12.6. The molecule has 1 heterocycles. The summed E-state index contributed by atoms with van der Waals surface area (Å²) in [5, 5.41) is 11.4. The largest absolute Gasteiger partial charge is 0.497 e. The van der Waals surface area contributed by atoms with Gasteiger partial charge in [-0.15, -0.1) is 0 Å². The Morgan fingerprint density at radius 2 is 1.58 bits per heavy atom. The van der Waals surface area contributed by atoms with Crippen molar-refractivity contribution in [3.05, 3.63) is 88.8 Å². The molecular formula is C34H39NO8. The standard InChI is InChI=1S/C34H39NO8/c1-22(2)35(20-27(36)21-41-29-11-6-24(7-12-29)16-17-39-4)33(37)23(3)42-30-15-10-26-18-31(34(38)43-32(26)19-30)25-8-13-28(40-5)14-9-25/h6-15,18-19,22-23,27,36H,16-17,20-21H2,1-5H3/t23-,27?/m1/s1. The summed E-state index contributed by atoms with van der Waals surface area (Å²) in [4.78, 5) is 27.7. The van der Waals surface area contributed by atoms with Crippen LogP contribution in [0.5, 0.6) is 17.2 Å². The van der Waals surface area contributed by atoms with Crippen molar-refractivity contribution in [3.8, 4) is 28.4 Å². The predicted molar refractivity (Wildman–Crippen MR) is 165 cm³/mol. The molecule has 1 amide bonds. The maximum Gasteiger partial charge on any atom is 0.344 e. The molecule has 0 spiro atoms. The summed E-state index contributed by atoms with van der Waals surface area (Å²) in [6.07, 6.45) is -0.941. The molecule has 0 aliphatic heterocycles. The fourth-order valence-electron chi connectivity index (χ4n) is 4.62. The molecule has 3 aromatic carbocycles. The Hall–Kier alpha value is -4.34. The van der Waals surface area contributed by atoms with E-state index in [4.69, 9.17) is 23.4 Å². The number of methoxy groups -OCH3 is 2. The van der Waals surface area contributed by atoms with Crippen molar-refractivity contribution in [3.63, 3.8) is 0 Å². The van der Waals surface area contributed by atoms with Gasteiger partial charge in [0.15, 0.2) is 6.10 Å². The van der Waals surface area contributed by atoms with Crippen LogP contribution in [0, 0.1) is 0 Å². The van der Waals surface area contributed by atoms with Gasteiger partial charge in [-0.25, -0.2) is 4.79 Å². The molecule has 4 rings (SSSR count). The number of hydrogen-bond donors (Lipinski definition) is 1. The van der Waals surface area contributed by atoms with Crippen molar-refractivity contribution in [1.82, 2.24) is 4.90 Å². The van der Waals surface area contributed by atoms with Gasteiger partial charge >= 0.3 is 5.63 Å². The van der Waals surface area contributed by atoms with Crippen LogP contribution in [-0.2, 0) is 16.0 Å². The first kappa shape index (κ1) is 31.6. The van der Waals surface area contributed by atoms with E-state index in [1.165, 1.54) is 0 Å². The molecule has 0 aliphatic rings. The molecule has 4 aromatic rings. The Morgan fingerprint density at radius 1 is 0.907 bits per heavy atom. The van der Waals surface area contributed by atoms with Crippen LogP contribution in [0.25, 0.3) is 22.1 Å². The summed E-state index contributed by atoms with van der Waals surface area (Å²) in [7, 11) is 3.25. The van der Waals surface area contributed by atoms with E-state index in [-0.39, 0.29) is 25.1 Å². The highest BCUT2D eigenvalue weighted by Crippen LogP contribution is 2.26. The van der Waals surface area contributed by atoms with Crippen molar-refractivity contribution in [2.75, 3.05) is 34.0 Å². The number of hydrogen-bond acceptors (Lipinski definition) is 8. The Balaban J connectivity index is 1.37.